The highest BCUT2D eigenvalue weighted by atomic mass is 16.6. The Hall–Kier alpha value is -2.78. The molecule has 0 saturated heterocycles. The molecule has 10 nitrogen and oxygen atoms in total. The van der Waals surface area contributed by atoms with Crippen LogP contribution in [0, 0.1) is 10.1 Å². The van der Waals surface area contributed by atoms with Crippen LogP contribution in [-0.4, -0.2) is 41.9 Å². The average molecular weight is 293 g/mol. The molecule has 10 heteroatoms. The molecule has 0 atom stereocenters. The second kappa shape index (κ2) is 6.59. The quantitative estimate of drug-likeness (QED) is 0.448. The molecule has 0 spiro atoms. The molecule has 0 unspecified atom stereocenters. The zero-order valence-corrected chi connectivity index (χ0v) is 11.5. The van der Waals surface area contributed by atoms with Crippen molar-refractivity contribution in [3.8, 4) is 0 Å². The molecular weight excluding hydrogens is 278 g/mol. The van der Waals surface area contributed by atoms with Crippen molar-refractivity contribution in [3.63, 3.8) is 0 Å². The Balaban J connectivity index is 1.96. The number of hydrogen-bond acceptors (Lipinski definition) is 6. The predicted octanol–water partition coefficient (Wildman–Crippen LogP) is 0.418. The van der Waals surface area contributed by atoms with Crippen LogP contribution in [0.4, 0.5) is 5.95 Å². The molecule has 2 rings (SSSR count). The van der Waals surface area contributed by atoms with E-state index in [0.29, 0.717) is 12.2 Å². The Morgan fingerprint density at radius 3 is 2.90 bits per heavy atom. The van der Waals surface area contributed by atoms with E-state index in [9.17, 15) is 14.9 Å². The van der Waals surface area contributed by atoms with Gasteiger partial charge in [0.2, 0.25) is 6.33 Å². The number of amides is 1. The third kappa shape index (κ3) is 3.84. The van der Waals surface area contributed by atoms with E-state index in [1.54, 1.807) is 12.3 Å². The Labute approximate surface area is 119 Å². The van der Waals surface area contributed by atoms with Crippen LogP contribution in [0.1, 0.15) is 30.3 Å². The van der Waals surface area contributed by atoms with Crippen molar-refractivity contribution in [1.82, 2.24) is 29.9 Å². The molecule has 1 amide bonds. The summed E-state index contributed by atoms with van der Waals surface area (Å²) in [5.74, 6) is -0.716. The van der Waals surface area contributed by atoms with E-state index < -0.39 is 10.9 Å². The molecule has 0 radical (unpaired) electrons. The van der Waals surface area contributed by atoms with Gasteiger partial charge in [0.25, 0.3) is 5.91 Å². The first-order chi connectivity index (χ1) is 10.1. The van der Waals surface area contributed by atoms with Gasteiger partial charge in [-0.15, -0.1) is 0 Å². The molecule has 112 valence electrons. The van der Waals surface area contributed by atoms with Gasteiger partial charge in [0.15, 0.2) is 6.67 Å². The molecule has 2 aromatic heterocycles. The van der Waals surface area contributed by atoms with Crippen molar-refractivity contribution in [2.24, 2.45) is 0 Å². The van der Waals surface area contributed by atoms with Crippen LogP contribution >= 0.6 is 0 Å². The highest BCUT2D eigenvalue weighted by Crippen LogP contribution is 2.01. The van der Waals surface area contributed by atoms with Crippen molar-refractivity contribution in [3.05, 3.63) is 34.4 Å². The summed E-state index contributed by atoms with van der Waals surface area (Å²) >= 11 is 0. The van der Waals surface area contributed by atoms with Gasteiger partial charge < -0.3 is 15.4 Å². The highest BCUT2D eigenvalue weighted by Gasteiger charge is 2.14. The lowest BCUT2D eigenvalue weighted by molar-refractivity contribution is -0.394. The summed E-state index contributed by atoms with van der Waals surface area (Å²) in [5.41, 5.74) is 0.292. The molecule has 1 N–H and O–H groups in total. The number of unbranched alkanes of at least 4 members (excludes halogenated alkanes) is 1. The Morgan fingerprint density at radius 2 is 2.24 bits per heavy atom. The molecule has 0 fully saturated rings. The van der Waals surface area contributed by atoms with E-state index in [2.05, 4.69) is 20.5 Å². The van der Waals surface area contributed by atoms with Crippen LogP contribution < -0.4 is 5.32 Å². The van der Waals surface area contributed by atoms with E-state index in [1.165, 1.54) is 15.7 Å². The molecular formula is C11H15N7O3. The minimum Gasteiger partial charge on any atom is -0.390 e. The smallest absolute Gasteiger partial charge is 0.390 e. The summed E-state index contributed by atoms with van der Waals surface area (Å²) in [7, 11) is 0. The Bertz CT molecular complexity index is 633. The second-order valence-corrected chi connectivity index (χ2v) is 4.33. The summed E-state index contributed by atoms with van der Waals surface area (Å²) in [6, 6.07) is 1.58. The van der Waals surface area contributed by atoms with Crippen LogP contribution in [0.2, 0.25) is 0 Å². The van der Waals surface area contributed by atoms with Gasteiger partial charge >= 0.3 is 5.95 Å². The topological polar surface area (TPSA) is 121 Å². The van der Waals surface area contributed by atoms with Gasteiger partial charge in [-0.05, 0) is 17.4 Å². The predicted molar refractivity (Wildman–Crippen MR) is 71.5 cm³/mol. The minimum atomic E-state index is -0.674. The zero-order chi connectivity index (χ0) is 15.2. The molecule has 2 aromatic rings. The van der Waals surface area contributed by atoms with Gasteiger partial charge in [-0.1, -0.05) is 18.3 Å². The summed E-state index contributed by atoms with van der Waals surface area (Å²) in [6.45, 7) is 2.79. The lowest BCUT2D eigenvalue weighted by Gasteiger charge is -2.01. The molecule has 0 aliphatic heterocycles. The van der Waals surface area contributed by atoms with Crippen LogP contribution in [-0.2, 0) is 6.67 Å². The molecule has 2 heterocycles. The molecule has 0 aromatic carbocycles. The number of hydrogen-bond donors (Lipinski definition) is 1. The van der Waals surface area contributed by atoms with Crippen LogP contribution in [0.5, 0.6) is 0 Å². The summed E-state index contributed by atoms with van der Waals surface area (Å²) in [6.07, 6.45) is 4.75. The lowest BCUT2D eigenvalue weighted by Crippen LogP contribution is -2.25. The standard InChI is InChI=1S/C11H15N7O3/c1-2-3-5-12-10(19)9-4-6-16(14-9)8-17-7-13-11(15-17)18(20)21/h4,6-7H,2-3,5,8H2,1H3,(H,12,19). The average Bonchev–Trinajstić information content (AvgIpc) is 3.09. The van der Waals surface area contributed by atoms with Gasteiger partial charge in [-0.2, -0.15) is 9.78 Å². The fourth-order valence-corrected chi connectivity index (χ4v) is 1.62. The number of rotatable bonds is 7. The van der Waals surface area contributed by atoms with Crippen LogP contribution in [0.3, 0.4) is 0 Å². The lowest BCUT2D eigenvalue weighted by atomic mass is 10.3. The number of nitrogens with zero attached hydrogens (tertiary/aromatic N) is 6. The fraction of sp³-hybridized carbons (Fsp3) is 0.455. The van der Waals surface area contributed by atoms with Gasteiger partial charge in [-0.3, -0.25) is 4.79 Å². The molecule has 0 saturated carbocycles. The first-order valence-electron chi connectivity index (χ1n) is 6.45. The SMILES string of the molecule is CCCCNC(=O)c1ccn(Cn2cnc([N+](=O)[O-])n2)n1. The maximum absolute atomic E-state index is 11.8. The minimum absolute atomic E-state index is 0.142. The van der Waals surface area contributed by atoms with Crippen molar-refractivity contribution >= 4 is 11.9 Å². The second-order valence-electron chi connectivity index (χ2n) is 4.33. The summed E-state index contributed by atoms with van der Waals surface area (Å²) in [4.78, 5) is 25.1. The van der Waals surface area contributed by atoms with E-state index in [4.69, 9.17) is 0 Å². The number of aromatic nitrogens is 5. The summed E-state index contributed by atoms with van der Waals surface area (Å²) < 4.78 is 2.72. The summed E-state index contributed by atoms with van der Waals surface area (Å²) in [5, 5.41) is 21.0. The number of nitrogens with one attached hydrogen (secondary N) is 1. The maximum Gasteiger partial charge on any atom is 0.491 e. The fourth-order valence-electron chi connectivity index (χ4n) is 1.62. The Morgan fingerprint density at radius 1 is 1.43 bits per heavy atom. The first-order valence-corrected chi connectivity index (χ1v) is 6.45. The zero-order valence-electron chi connectivity index (χ0n) is 11.5. The van der Waals surface area contributed by atoms with Crippen LogP contribution in [0.25, 0.3) is 0 Å². The molecule has 21 heavy (non-hydrogen) atoms. The number of carbonyl (C=O) groups is 1. The van der Waals surface area contributed by atoms with Gasteiger partial charge in [0.1, 0.15) is 5.69 Å². The monoisotopic (exact) mass is 293 g/mol. The third-order valence-electron chi connectivity index (χ3n) is 2.67. The van der Waals surface area contributed by atoms with E-state index in [1.807, 2.05) is 6.92 Å². The van der Waals surface area contributed by atoms with Crippen molar-refractivity contribution < 1.29 is 9.72 Å². The van der Waals surface area contributed by atoms with E-state index in [-0.39, 0.29) is 12.6 Å². The number of nitro groups is 1. The largest absolute Gasteiger partial charge is 0.491 e. The van der Waals surface area contributed by atoms with Crippen molar-refractivity contribution in [1.29, 1.82) is 0 Å². The van der Waals surface area contributed by atoms with E-state index >= 15 is 0 Å². The maximum atomic E-state index is 11.8. The molecule has 0 aliphatic rings. The third-order valence-corrected chi connectivity index (χ3v) is 2.67. The molecule has 0 bridgehead atoms. The van der Waals surface area contributed by atoms with Gasteiger partial charge in [0, 0.05) is 17.8 Å². The normalized spacial score (nSPS) is 10.5. The Kier molecular flexibility index (Phi) is 4.59. The highest BCUT2D eigenvalue weighted by molar-refractivity contribution is 5.92. The van der Waals surface area contributed by atoms with Gasteiger partial charge in [0.05, 0.1) is 0 Å². The number of carbonyl (C=O) groups excluding carboxylic acids is 1. The van der Waals surface area contributed by atoms with Crippen molar-refractivity contribution in [2.45, 2.75) is 26.4 Å². The van der Waals surface area contributed by atoms with Gasteiger partial charge in [-0.25, -0.2) is 4.68 Å². The van der Waals surface area contributed by atoms with Crippen molar-refractivity contribution in [2.75, 3.05) is 6.54 Å². The molecule has 0 aliphatic carbocycles. The van der Waals surface area contributed by atoms with E-state index in [0.717, 1.165) is 12.8 Å². The first kappa shape index (κ1) is 14.6. The van der Waals surface area contributed by atoms with Crippen LogP contribution in [0.15, 0.2) is 18.6 Å².